The summed E-state index contributed by atoms with van der Waals surface area (Å²) in [6, 6.07) is 3.90. The first-order chi connectivity index (χ1) is 8.54. The summed E-state index contributed by atoms with van der Waals surface area (Å²) in [5.41, 5.74) is 11.0. The van der Waals surface area contributed by atoms with Crippen LogP contribution in [0.25, 0.3) is 0 Å². The van der Waals surface area contributed by atoms with Crippen LogP contribution in [0.2, 0.25) is 0 Å². The number of rotatable bonds is 4. The Balaban J connectivity index is 2.01. The molecular weight excluding hydrogens is 232 g/mol. The minimum absolute atomic E-state index is 0.123. The minimum atomic E-state index is 0.123. The third-order valence-electron chi connectivity index (χ3n) is 2.49. The molecule has 0 fully saturated rings. The number of furan rings is 1. The summed E-state index contributed by atoms with van der Waals surface area (Å²) in [4.78, 5) is 13.6. The van der Waals surface area contributed by atoms with Crippen LogP contribution >= 0.6 is 0 Å². The Morgan fingerprint density at radius 3 is 2.39 bits per heavy atom. The monoisotopic (exact) mass is 248 g/mol. The average Bonchev–Trinajstić information content (AvgIpc) is 2.70. The largest absolute Gasteiger partial charge is 0.466 e. The predicted molar refractivity (Wildman–Crippen MR) is 69.1 cm³/mol. The number of hydrogen-bond donors (Lipinski definition) is 2. The van der Waals surface area contributed by atoms with Gasteiger partial charge in [-0.1, -0.05) is 0 Å². The fraction of sp³-hybridized carbons (Fsp3) is 0.364. The highest BCUT2D eigenvalue weighted by atomic mass is 16.3. The molecule has 7 nitrogen and oxygen atoms in total. The van der Waals surface area contributed by atoms with Gasteiger partial charge in [0.1, 0.15) is 11.5 Å². The molecule has 0 aliphatic carbocycles. The van der Waals surface area contributed by atoms with Crippen LogP contribution in [0.5, 0.6) is 0 Å². The van der Waals surface area contributed by atoms with E-state index in [-0.39, 0.29) is 11.9 Å². The lowest BCUT2D eigenvalue weighted by Crippen LogP contribution is -2.23. The van der Waals surface area contributed by atoms with Gasteiger partial charge in [-0.3, -0.25) is 0 Å². The van der Waals surface area contributed by atoms with E-state index in [2.05, 4.69) is 15.0 Å². The van der Waals surface area contributed by atoms with Gasteiger partial charge in [0.05, 0.1) is 0 Å². The molecule has 2 rings (SSSR count). The number of anilines is 3. The zero-order chi connectivity index (χ0) is 13.1. The van der Waals surface area contributed by atoms with Gasteiger partial charge in [0.25, 0.3) is 0 Å². The van der Waals surface area contributed by atoms with E-state index in [1.807, 2.05) is 31.0 Å². The molecule has 4 N–H and O–H groups in total. The summed E-state index contributed by atoms with van der Waals surface area (Å²) in [7, 11) is 1.87. The number of aryl methyl sites for hydroxylation is 1. The van der Waals surface area contributed by atoms with Crippen molar-refractivity contribution in [2.45, 2.75) is 13.3 Å². The summed E-state index contributed by atoms with van der Waals surface area (Å²) in [5.74, 6) is 2.54. The summed E-state index contributed by atoms with van der Waals surface area (Å²) in [6.45, 7) is 2.62. The molecule has 0 saturated carbocycles. The van der Waals surface area contributed by atoms with Crippen molar-refractivity contribution in [3.8, 4) is 0 Å². The number of hydrogen-bond acceptors (Lipinski definition) is 7. The predicted octanol–water partition coefficient (Wildman–Crippen LogP) is 0.616. The average molecular weight is 248 g/mol. The summed E-state index contributed by atoms with van der Waals surface area (Å²) < 4.78 is 5.49. The first-order valence-electron chi connectivity index (χ1n) is 5.58. The minimum Gasteiger partial charge on any atom is -0.466 e. The summed E-state index contributed by atoms with van der Waals surface area (Å²) in [5, 5.41) is 0. The molecule has 0 aromatic carbocycles. The van der Waals surface area contributed by atoms with Crippen molar-refractivity contribution in [1.82, 2.24) is 15.0 Å². The molecule has 0 atom stereocenters. The Kier molecular flexibility index (Phi) is 3.31. The summed E-state index contributed by atoms with van der Waals surface area (Å²) in [6.07, 6.45) is 0.760. The van der Waals surface area contributed by atoms with Crippen LogP contribution in [0.15, 0.2) is 16.5 Å². The van der Waals surface area contributed by atoms with Crippen molar-refractivity contribution in [3.63, 3.8) is 0 Å². The Hall–Kier alpha value is -2.31. The van der Waals surface area contributed by atoms with Crippen molar-refractivity contribution >= 4 is 17.8 Å². The summed E-state index contributed by atoms with van der Waals surface area (Å²) >= 11 is 0. The maximum atomic E-state index is 5.52. The fourth-order valence-corrected chi connectivity index (χ4v) is 1.57. The molecule has 0 spiro atoms. The van der Waals surface area contributed by atoms with Crippen LogP contribution in [0.4, 0.5) is 17.8 Å². The molecule has 2 aromatic rings. The second kappa shape index (κ2) is 4.91. The van der Waals surface area contributed by atoms with Crippen molar-refractivity contribution in [1.29, 1.82) is 0 Å². The lowest BCUT2D eigenvalue weighted by Gasteiger charge is -2.16. The maximum Gasteiger partial charge on any atom is 0.231 e. The topological polar surface area (TPSA) is 107 Å². The van der Waals surface area contributed by atoms with Gasteiger partial charge >= 0.3 is 0 Å². The highest BCUT2D eigenvalue weighted by Gasteiger charge is 2.08. The lowest BCUT2D eigenvalue weighted by atomic mass is 10.3. The van der Waals surface area contributed by atoms with Gasteiger partial charge in [-0.25, -0.2) is 0 Å². The zero-order valence-corrected chi connectivity index (χ0v) is 10.4. The normalized spacial score (nSPS) is 10.6. The molecule has 0 aliphatic heterocycles. The van der Waals surface area contributed by atoms with Crippen LogP contribution in [0, 0.1) is 6.92 Å². The third kappa shape index (κ3) is 2.88. The molecule has 0 aliphatic rings. The first-order valence-corrected chi connectivity index (χ1v) is 5.58. The number of nitrogen functional groups attached to an aromatic ring is 2. The van der Waals surface area contributed by atoms with Gasteiger partial charge in [-0.05, 0) is 19.1 Å². The zero-order valence-electron chi connectivity index (χ0n) is 10.4. The fourth-order valence-electron chi connectivity index (χ4n) is 1.57. The lowest BCUT2D eigenvalue weighted by molar-refractivity contribution is 0.482. The number of nitrogens with zero attached hydrogens (tertiary/aromatic N) is 4. The van der Waals surface area contributed by atoms with E-state index in [1.54, 1.807) is 0 Å². The van der Waals surface area contributed by atoms with Crippen molar-refractivity contribution < 1.29 is 4.42 Å². The Bertz CT molecular complexity index is 518. The van der Waals surface area contributed by atoms with E-state index < -0.39 is 0 Å². The second-order valence-electron chi connectivity index (χ2n) is 4.04. The van der Waals surface area contributed by atoms with E-state index in [4.69, 9.17) is 15.9 Å². The molecule has 0 amide bonds. The van der Waals surface area contributed by atoms with Gasteiger partial charge in [-0.15, -0.1) is 0 Å². The molecule has 0 saturated heterocycles. The van der Waals surface area contributed by atoms with Crippen molar-refractivity contribution in [3.05, 3.63) is 23.7 Å². The highest BCUT2D eigenvalue weighted by Crippen LogP contribution is 2.11. The van der Waals surface area contributed by atoms with E-state index in [9.17, 15) is 0 Å². The van der Waals surface area contributed by atoms with Gasteiger partial charge in [0, 0.05) is 20.0 Å². The Labute approximate surface area is 105 Å². The van der Waals surface area contributed by atoms with Gasteiger partial charge in [0.15, 0.2) is 0 Å². The number of nitrogens with two attached hydrogens (primary N) is 2. The Morgan fingerprint density at radius 1 is 1.17 bits per heavy atom. The standard InChI is InChI=1S/C11H16N6O/c1-7-3-4-8(18-7)5-6-17(2)11-15-9(12)14-10(13)16-11/h3-4H,5-6H2,1-2H3,(H4,12,13,14,15,16). The van der Waals surface area contributed by atoms with Gasteiger partial charge in [0.2, 0.25) is 17.8 Å². The molecular formula is C11H16N6O. The molecule has 2 heterocycles. The van der Waals surface area contributed by atoms with Gasteiger partial charge < -0.3 is 20.8 Å². The smallest absolute Gasteiger partial charge is 0.231 e. The SMILES string of the molecule is Cc1ccc(CCN(C)c2nc(N)nc(N)n2)o1. The molecule has 0 radical (unpaired) electrons. The molecule has 0 bridgehead atoms. The van der Waals surface area contributed by atoms with Crippen molar-refractivity contribution in [2.75, 3.05) is 30.0 Å². The molecule has 2 aromatic heterocycles. The quantitative estimate of drug-likeness (QED) is 0.816. The highest BCUT2D eigenvalue weighted by molar-refractivity contribution is 5.38. The molecule has 0 unspecified atom stereocenters. The van der Waals surface area contributed by atoms with E-state index >= 15 is 0 Å². The maximum absolute atomic E-state index is 5.52. The Morgan fingerprint density at radius 2 is 1.83 bits per heavy atom. The van der Waals surface area contributed by atoms with Crippen LogP contribution in [0.3, 0.4) is 0 Å². The first kappa shape index (κ1) is 12.2. The van der Waals surface area contributed by atoms with Crippen LogP contribution in [0.1, 0.15) is 11.5 Å². The van der Waals surface area contributed by atoms with Crippen LogP contribution in [-0.2, 0) is 6.42 Å². The van der Waals surface area contributed by atoms with Crippen molar-refractivity contribution in [2.24, 2.45) is 0 Å². The van der Waals surface area contributed by atoms with E-state index in [0.29, 0.717) is 12.5 Å². The number of likely N-dealkylation sites (N-methyl/N-ethyl adjacent to an activating group) is 1. The molecule has 7 heteroatoms. The van der Waals surface area contributed by atoms with Crippen LogP contribution in [-0.4, -0.2) is 28.5 Å². The third-order valence-corrected chi connectivity index (χ3v) is 2.49. The molecule has 18 heavy (non-hydrogen) atoms. The van der Waals surface area contributed by atoms with Gasteiger partial charge in [-0.2, -0.15) is 15.0 Å². The molecule has 96 valence electrons. The van der Waals surface area contributed by atoms with E-state index in [0.717, 1.165) is 17.9 Å². The van der Waals surface area contributed by atoms with E-state index in [1.165, 1.54) is 0 Å². The number of aromatic nitrogens is 3. The second-order valence-corrected chi connectivity index (χ2v) is 4.04. The van der Waals surface area contributed by atoms with Crippen LogP contribution < -0.4 is 16.4 Å².